The molecule has 5 heteroatoms. The van der Waals surface area contributed by atoms with E-state index in [1.807, 2.05) is 6.92 Å². The van der Waals surface area contributed by atoms with Gasteiger partial charge in [-0.1, -0.05) is 6.07 Å². The van der Waals surface area contributed by atoms with E-state index >= 15 is 0 Å². The first-order chi connectivity index (χ1) is 9.15. The van der Waals surface area contributed by atoms with Crippen LogP contribution in [-0.2, 0) is 11.3 Å². The third-order valence-corrected chi connectivity index (χ3v) is 3.23. The summed E-state index contributed by atoms with van der Waals surface area (Å²) in [5.41, 5.74) is 6.12. The molecule has 19 heavy (non-hydrogen) atoms. The molecule has 0 saturated heterocycles. The molecule has 1 aromatic rings. The maximum atomic E-state index is 13.6. The number of rotatable bonds is 6. The van der Waals surface area contributed by atoms with Gasteiger partial charge in [0, 0.05) is 19.1 Å². The summed E-state index contributed by atoms with van der Waals surface area (Å²) in [7, 11) is 0. The van der Waals surface area contributed by atoms with Crippen LogP contribution >= 0.6 is 0 Å². The van der Waals surface area contributed by atoms with Gasteiger partial charge in [-0.05, 0) is 37.5 Å². The van der Waals surface area contributed by atoms with Crippen LogP contribution in [-0.4, -0.2) is 30.0 Å². The zero-order valence-electron chi connectivity index (χ0n) is 11.1. The number of ether oxygens (including phenoxy) is 1. The lowest BCUT2D eigenvalue weighted by molar-refractivity contribution is -0.133. The number of hydrogen-bond acceptors (Lipinski definition) is 3. The Balaban J connectivity index is 1.92. The van der Waals surface area contributed by atoms with Gasteiger partial charge in [0.1, 0.15) is 0 Å². The quantitative estimate of drug-likeness (QED) is 0.852. The molecule has 0 aromatic heterocycles. The number of nitrogens with zero attached hydrogens (tertiary/aromatic N) is 1. The molecule has 1 aromatic carbocycles. The fourth-order valence-corrected chi connectivity index (χ4v) is 2.04. The highest BCUT2D eigenvalue weighted by Gasteiger charge is 2.31. The van der Waals surface area contributed by atoms with Crippen LogP contribution in [0.25, 0.3) is 0 Å². The summed E-state index contributed by atoms with van der Waals surface area (Å²) in [6.07, 6.45) is 2.11. The Morgan fingerprint density at radius 1 is 1.53 bits per heavy atom. The van der Waals surface area contributed by atoms with Gasteiger partial charge in [-0.2, -0.15) is 0 Å². The number of nitrogens with two attached hydrogens (primary N) is 1. The van der Waals surface area contributed by atoms with Gasteiger partial charge in [-0.3, -0.25) is 4.79 Å². The number of carbonyl (C=O) groups excluding carboxylic acids is 1. The zero-order valence-corrected chi connectivity index (χ0v) is 11.1. The highest BCUT2D eigenvalue weighted by atomic mass is 19.1. The summed E-state index contributed by atoms with van der Waals surface area (Å²) < 4.78 is 18.9. The van der Waals surface area contributed by atoms with Crippen LogP contribution in [0.15, 0.2) is 18.2 Å². The zero-order chi connectivity index (χ0) is 13.8. The third kappa shape index (κ3) is 3.44. The first kappa shape index (κ1) is 13.8. The normalized spacial score (nSPS) is 14.3. The summed E-state index contributed by atoms with van der Waals surface area (Å²) >= 11 is 0. The molecule has 0 spiro atoms. The lowest BCUT2D eigenvalue weighted by Crippen LogP contribution is -2.36. The third-order valence-electron chi connectivity index (χ3n) is 3.23. The molecule has 0 atom stereocenters. The summed E-state index contributed by atoms with van der Waals surface area (Å²) in [6.45, 7) is 2.76. The molecule has 0 unspecified atom stereocenters. The number of halogens is 1. The molecule has 1 saturated carbocycles. The molecule has 1 fully saturated rings. The minimum Gasteiger partial charge on any atom is -0.481 e. The van der Waals surface area contributed by atoms with Crippen LogP contribution < -0.4 is 10.5 Å². The summed E-state index contributed by atoms with van der Waals surface area (Å²) in [5.74, 6) is -0.477. The van der Waals surface area contributed by atoms with Crippen LogP contribution in [0.3, 0.4) is 0 Å². The first-order valence-electron chi connectivity index (χ1n) is 6.56. The van der Waals surface area contributed by atoms with E-state index in [1.54, 1.807) is 11.0 Å². The highest BCUT2D eigenvalue weighted by Crippen LogP contribution is 2.26. The van der Waals surface area contributed by atoms with Gasteiger partial charge < -0.3 is 15.4 Å². The lowest BCUT2D eigenvalue weighted by Gasteiger charge is -2.20. The van der Waals surface area contributed by atoms with Crippen LogP contribution in [0.5, 0.6) is 5.75 Å². The molecule has 0 aliphatic heterocycles. The summed E-state index contributed by atoms with van der Waals surface area (Å²) in [6, 6.07) is 4.89. The predicted octanol–water partition coefficient (Wildman–Crippen LogP) is 1.67. The molecule has 1 aliphatic rings. The molecule has 1 aliphatic carbocycles. The average Bonchev–Trinajstić information content (AvgIpc) is 3.22. The molecule has 0 radical (unpaired) electrons. The van der Waals surface area contributed by atoms with Gasteiger partial charge >= 0.3 is 0 Å². The van der Waals surface area contributed by atoms with Gasteiger partial charge in [0.05, 0.1) is 0 Å². The van der Waals surface area contributed by atoms with E-state index in [0.29, 0.717) is 18.2 Å². The van der Waals surface area contributed by atoms with Crippen molar-refractivity contribution >= 4 is 5.91 Å². The van der Waals surface area contributed by atoms with Gasteiger partial charge in [0.2, 0.25) is 0 Å². The minimum atomic E-state index is -0.481. The van der Waals surface area contributed by atoms with Crippen molar-refractivity contribution in [1.29, 1.82) is 0 Å². The van der Waals surface area contributed by atoms with E-state index in [0.717, 1.165) is 12.8 Å². The number of hydrogen-bond donors (Lipinski definition) is 1. The molecular weight excluding hydrogens is 247 g/mol. The number of amides is 1. The Hall–Kier alpha value is -1.62. The molecule has 104 valence electrons. The SMILES string of the molecule is CCN(C(=O)COc1ccc(CN)cc1F)C1CC1. The number of carbonyl (C=O) groups is 1. The highest BCUT2D eigenvalue weighted by molar-refractivity contribution is 5.78. The average molecular weight is 266 g/mol. The van der Waals surface area contributed by atoms with E-state index in [1.165, 1.54) is 12.1 Å². The Bertz CT molecular complexity index is 461. The maximum absolute atomic E-state index is 13.6. The van der Waals surface area contributed by atoms with Crippen molar-refractivity contribution in [2.45, 2.75) is 32.4 Å². The van der Waals surface area contributed by atoms with Crippen LogP contribution in [0.1, 0.15) is 25.3 Å². The molecule has 0 heterocycles. The largest absolute Gasteiger partial charge is 0.481 e. The lowest BCUT2D eigenvalue weighted by atomic mass is 10.2. The smallest absolute Gasteiger partial charge is 0.260 e. The Morgan fingerprint density at radius 2 is 2.26 bits per heavy atom. The molecule has 1 amide bonds. The second kappa shape index (κ2) is 6.02. The summed E-state index contributed by atoms with van der Waals surface area (Å²) in [5, 5.41) is 0. The van der Waals surface area contributed by atoms with Gasteiger partial charge in [0.15, 0.2) is 18.2 Å². The van der Waals surface area contributed by atoms with Gasteiger partial charge in [-0.25, -0.2) is 4.39 Å². The molecular formula is C14H19FN2O2. The van der Waals surface area contributed by atoms with Crippen LogP contribution in [0.2, 0.25) is 0 Å². The van der Waals surface area contributed by atoms with Crippen molar-refractivity contribution in [3.63, 3.8) is 0 Å². The minimum absolute atomic E-state index is 0.0905. The van der Waals surface area contributed by atoms with Gasteiger partial charge in [-0.15, -0.1) is 0 Å². The van der Waals surface area contributed by atoms with E-state index in [4.69, 9.17) is 10.5 Å². The van der Waals surface area contributed by atoms with E-state index < -0.39 is 5.82 Å². The second-order valence-electron chi connectivity index (χ2n) is 4.67. The molecule has 4 nitrogen and oxygen atoms in total. The van der Waals surface area contributed by atoms with Crippen LogP contribution in [0.4, 0.5) is 4.39 Å². The molecule has 2 N–H and O–H groups in total. The van der Waals surface area contributed by atoms with Crippen molar-refractivity contribution < 1.29 is 13.9 Å². The van der Waals surface area contributed by atoms with Crippen molar-refractivity contribution in [3.8, 4) is 5.75 Å². The summed E-state index contributed by atoms with van der Waals surface area (Å²) in [4.78, 5) is 13.7. The van der Waals surface area contributed by atoms with Crippen molar-refractivity contribution in [2.75, 3.05) is 13.2 Å². The Labute approximate surface area is 112 Å². The van der Waals surface area contributed by atoms with Gasteiger partial charge in [0.25, 0.3) is 5.91 Å². The number of likely N-dealkylation sites (N-methyl/N-ethyl adjacent to an activating group) is 1. The Kier molecular flexibility index (Phi) is 4.37. The fraction of sp³-hybridized carbons (Fsp3) is 0.500. The van der Waals surface area contributed by atoms with E-state index in [9.17, 15) is 9.18 Å². The topological polar surface area (TPSA) is 55.6 Å². The predicted molar refractivity (Wildman–Crippen MR) is 70.2 cm³/mol. The van der Waals surface area contributed by atoms with E-state index in [-0.39, 0.29) is 24.8 Å². The van der Waals surface area contributed by atoms with Crippen molar-refractivity contribution in [1.82, 2.24) is 4.90 Å². The first-order valence-corrected chi connectivity index (χ1v) is 6.56. The van der Waals surface area contributed by atoms with Crippen molar-refractivity contribution in [2.24, 2.45) is 5.73 Å². The fourth-order valence-electron chi connectivity index (χ4n) is 2.04. The standard InChI is InChI=1S/C14H19FN2O2/c1-2-17(11-4-5-11)14(18)9-19-13-6-3-10(8-16)7-12(13)15/h3,6-7,11H,2,4-5,8-9,16H2,1H3. The molecule has 2 rings (SSSR count). The monoisotopic (exact) mass is 266 g/mol. The molecule has 0 bridgehead atoms. The second-order valence-corrected chi connectivity index (χ2v) is 4.67. The van der Waals surface area contributed by atoms with E-state index in [2.05, 4.69) is 0 Å². The van der Waals surface area contributed by atoms with Crippen molar-refractivity contribution in [3.05, 3.63) is 29.6 Å². The maximum Gasteiger partial charge on any atom is 0.260 e. The number of benzene rings is 1. The Morgan fingerprint density at radius 3 is 2.79 bits per heavy atom. The van der Waals surface area contributed by atoms with Crippen LogP contribution in [0, 0.1) is 5.82 Å².